The quantitative estimate of drug-likeness (QED) is 0.715. The molecule has 0 radical (unpaired) electrons. The normalized spacial score (nSPS) is 12.0. The van der Waals surface area contributed by atoms with Gasteiger partial charge in [-0.25, -0.2) is 8.78 Å². The summed E-state index contributed by atoms with van der Waals surface area (Å²) in [6, 6.07) is 1.59. The van der Waals surface area contributed by atoms with Gasteiger partial charge in [-0.2, -0.15) is 5.10 Å². The van der Waals surface area contributed by atoms with E-state index < -0.39 is 18.9 Å². The van der Waals surface area contributed by atoms with Crippen molar-refractivity contribution in [2.24, 2.45) is 5.73 Å². The number of nitrogens with zero attached hydrogens (tertiary/aromatic N) is 1. The van der Waals surface area contributed by atoms with E-state index in [-0.39, 0.29) is 0 Å². The summed E-state index contributed by atoms with van der Waals surface area (Å²) in [4.78, 5) is 0. The smallest absolute Gasteiger partial charge is 0.265 e. The van der Waals surface area contributed by atoms with Gasteiger partial charge in [-0.05, 0) is 13.0 Å². The summed E-state index contributed by atoms with van der Waals surface area (Å²) in [7, 11) is 0. The van der Waals surface area contributed by atoms with Gasteiger partial charge in [0, 0.05) is 5.69 Å². The van der Waals surface area contributed by atoms with E-state index in [9.17, 15) is 8.78 Å². The molecule has 1 rings (SSSR count). The predicted octanol–water partition coefficient (Wildman–Crippen LogP) is 0.855. The van der Waals surface area contributed by atoms with Gasteiger partial charge in [0.15, 0.2) is 0 Å². The Morgan fingerprint density at radius 3 is 2.75 bits per heavy atom. The van der Waals surface area contributed by atoms with Crippen molar-refractivity contribution in [3.63, 3.8) is 0 Å². The van der Waals surface area contributed by atoms with Crippen LogP contribution in [0.15, 0.2) is 6.07 Å². The predicted molar refractivity (Wildman–Crippen MR) is 41.0 cm³/mol. The monoisotopic (exact) mass is 175 g/mol. The fraction of sp³-hybridized carbons (Fsp3) is 0.571. The van der Waals surface area contributed by atoms with Crippen LogP contribution in [0.1, 0.15) is 11.4 Å². The van der Waals surface area contributed by atoms with Crippen molar-refractivity contribution in [3.8, 4) is 0 Å². The number of nitrogens with two attached hydrogens (primary N) is 1. The molecule has 0 aliphatic rings. The van der Waals surface area contributed by atoms with Crippen LogP contribution in [0, 0.1) is 6.92 Å². The van der Waals surface area contributed by atoms with Gasteiger partial charge in [-0.15, -0.1) is 0 Å². The van der Waals surface area contributed by atoms with Crippen molar-refractivity contribution in [1.82, 2.24) is 10.2 Å². The number of aryl methyl sites for hydroxylation is 1. The Bertz CT molecular complexity index is 257. The molecule has 1 heterocycles. The van der Waals surface area contributed by atoms with Crippen molar-refractivity contribution in [1.29, 1.82) is 0 Å². The fourth-order valence-corrected chi connectivity index (χ4v) is 0.902. The van der Waals surface area contributed by atoms with Crippen LogP contribution in [0.25, 0.3) is 0 Å². The number of H-pyrrole nitrogens is 1. The van der Waals surface area contributed by atoms with Gasteiger partial charge in [0.05, 0.1) is 18.7 Å². The first kappa shape index (κ1) is 9.12. The van der Waals surface area contributed by atoms with E-state index in [1.807, 2.05) is 0 Å². The number of aromatic nitrogens is 2. The summed E-state index contributed by atoms with van der Waals surface area (Å²) < 4.78 is 25.3. The van der Waals surface area contributed by atoms with Crippen LogP contribution in [0.3, 0.4) is 0 Å². The van der Waals surface area contributed by atoms with Gasteiger partial charge < -0.3 is 5.73 Å². The number of rotatable bonds is 3. The summed E-state index contributed by atoms with van der Waals surface area (Å²) in [6.07, 6.45) is -0.395. The molecule has 0 unspecified atom stereocenters. The molecule has 0 amide bonds. The van der Waals surface area contributed by atoms with Crippen LogP contribution in [-0.2, 0) is 6.42 Å². The lowest BCUT2D eigenvalue weighted by atomic mass is 10.2. The number of hydrogen-bond acceptors (Lipinski definition) is 2. The number of alkyl halides is 2. The topological polar surface area (TPSA) is 54.7 Å². The van der Waals surface area contributed by atoms with Gasteiger partial charge in [0.1, 0.15) is 0 Å². The fourth-order valence-electron chi connectivity index (χ4n) is 0.902. The number of aromatic amines is 1. The molecule has 0 aromatic carbocycles. The molecule has 0 saturated heterocycles. The molecule has 0 aliphatic carbocycles. The Morgan fingerprint density at radius 2 is 2.33 bits per heavy atom. The van der Waals surface area contributed by atoms with Crippen molar-refractivity contribution < 1.29 is 8.78 Å². The van der Waals surface area contributed by atoms with Crippen molar-refractivity contribution in [2.75, 3.05) is 6.54 Å². The zero-order chi connectivity index (χ0) is 9.19. The maximum Gasteiger partial charge on any atom is 0.265 e. The Morgan fingerprint density at radius 1 is 1.67 bits per heavy atom. The van der Waals surface area contributed by atoms with Crippen molar-refractivity contribution in [3.05, 3.63) is 17.5 Å². The van der Waals surface area contributed by atoms with E-state index in [1.54, 1.807) is 13.0 Å². The Labute approximate surface area is 69.0 Å². The molecule has 0 spiro atoms. The summed E-state index contributed by atoms with van der Waals surface area (Å²) in [5, 5.41) is 6.28. The molecule has 5 heteroatoms. The third-order valence-electron chi connectivity index (χ3n) is 1.50. The van der Waals surface area contributed by atoms with E-state index in [1.165, 1.54) is 0 Å². The molecule has 0 atom stereocenters. The van der Waals surface area contributed by atoms with Crippen molar-refractivity contribution in [2.45, 2.75) is 19.3 Å². The summed E-state index contributed by atoms with van der Waals surface area (Å²) in [5.41, 5.74) is 6.00. The first-order valence-electron chi connectivity index (χ1n) is 3.62. The van der Waals surface area contributed by atoms with E-state index in [0.717, 1.165) is 5.69 Å². The average molecular weight is 175 g/mol. The number of halogens is 2. The minimum Gasteiger partial charge on any atom is -0.325 e. The van der Waals surface area contributed by atoms with Gasteiger partial charge >= 0.3 is 0 Å². The maximum absolute atomic E-state index is 12.7. The lowest BCUT2D eigenvalue weighted by molar-refractivity contribution is 0.0105. The largest absolute Gasteiger partial charge is 0.325 e. The highest BCUT2D eigenvalue weighted by atomic mass is 19.3. The van der Waals surface area contributed by atoms with Gasteiger partial charge in [-0.3, -0.25) is 5.10 Å². The van der Waals surface area contributed by atoms with Crippen LogP contribution < -0.4 is 5.73 Å². The molecule has 3 N–H and O–H groups in total. The third-order valence-corrected chi connectivity index (χ3v) is 1.50. The SMILES string of the molecule is Cc1cc(CC(F)(F)CN)n[nH]1. The zero-order valence-electron chi connectivity index (χ0n) is 6.77. The molecule has 1 aromatic rings. The maximum atomic E-state index is 12.7. The second-order valence-corrected chi connectivity index (χ2v) is 2.78. The van der Waals surface area contributed by atoms with E-state index in [0.29, 0.717) is 5.69 Å². The molecule has 68 valence electrons. The third kappa shape index (κ3) is 2.27. The van der Waals surface area contributed by atoms with E-state index in [4.69, 9.17) is 5.73 Å². The molecule has 0 bridgehead atoms. The number of nitrogens with one attached hydrogen (secondary N) is 1. The second-order valence-electron chi connectivity index (χ2n) is 2.78. The molecule has 1 aromatic heterocycles. The minimum absolute atomic E-state index is 0.350. The highest BCUT2D eigenvalue weighted by Gasteiger charge is 2.27. The second kappa shape index (κ2) is 3.18. The summed E-state index contributed by atoms with van der Waals surface area (Å²) >= 11 is 0. The molecular weight excluding hydrogens is 164 g/mol. The summed E-state index contributed by atoms with van der Waals surface area (Å²) in [5.74, 6) is -2.85. The van der Waals surface area contributed by atoms with Crippen LogP contribution >= 0.6 is 0 Å². The molecule has 12 heavy (non-hydrogen) atoms. The Balaban J connectivity index is 2.63. The zero-order valence-corrected chi connectivity index (χ0v) is 6.77. The number of hydrogen-bond donors (Lipinski definition) is 2. The summed E-state index contributed by atoms with van der Waals surface area (Å²) in [6.45, 7) is 1.12. The molecule has 0 aliphatic heterocycles. The lowest BCUT2D eigenvalue weighted by Crippen LogP contribution is -2.30. The molecular formula is C7H11F2N3. The van der Waals surface area contributed by atoms with Crippen LogP contribution in [0.2, 0.25) is 0 Å². The van der Waals surface area contributed by atoms with Gasteiger partial charge in [-0.1, -0.05) is 0 Å². The average Bonchev–Trinajstić information content (AvgIpc) is 2.35. The standard InChI is InChI=1S/C7H11F2N3/c1-5-2-6(12-11-5)3-7(8,9)4-10/h2H,3-4,10H2,1H3,(H,11,12). The molecule has 0 fully saturated rings. The van der Waals surface area contributed by atoms with Crippen molar-refractivity contribution >= 4 is 0 Å². The Kier molecular flexibility index (Phi) is 2.42. The Hall–Kier alpha value is -0.970. The first-order chi connectivity index (χ1) is 5.53. The van der Waals surface area contributed by atoms with E-state index in [2.05, 4.69) is 10.2 Å². The molecule has 0 saturated carbocycles. The first-order valence-corrected chi connectivity index (χ1v) is 3.62. The van der Waals surface area contributed by atoms with Gasteiger partial charge in [0.25, 0.3) is 5.92 Å². The van der Waals surface area contributed by atoms with Crippen LogP contribution in [0.4, 0.5) is 8.78 Å². The highest BCUT2D eigenvalue weighted by molar-refractivity contribution is 5.08. The highest BCUT2D eigenvalue weighted by Crippen LogP contribution is 2.17. The van der Waals surface area contributed by atoms with Crippen LogP contribution in [0.5, 0.6) is 0 Å². The molecule has 3 nitrogen and oxygen atoms in total. The van der Waals surface area contributed by atoms with E-state index >= 15 is 0 Å². The van der Waals surface area contributed by atoms with Gasteiger partial charge in [0.2, 0.25) is 0 Å². The lowest BCUT2D eigenvalue weighted by Gasteiger charge is -2.10. The van der Waals surface area contributed by atoms with Crippen LogP contribution in [-0.4, -0.2) is 22.7 Å². The minimum atomic E-state index is -2.85.